The quantitative estimate of drug-likeness (QED) is 0.620. The van der Waals surface area contributed by atoms with E-state index < -0.39 is 5.60 Å². The van der Waals surface area contributed by atoms with Gasteiger partial charge >= 0.3 is 0 Å². The van der Waals surface area contributed by atoms with Crippen molar-refractivity contribution < 1.29 is 9.53 Å². The molecule has 0 spiro atoms. The average Bonchev–Trinajstić information content (AvgIpc) is 3.26. The molecule has 4 rings (SSSR count). The second-order valence-electron chi connectivity index (χ2n) is 7.28. The Labute approximate surface area is 165 Å². The minimum atomic E-state index is -0.784. The van der Waals surface area contributed by atoms with Crippen LogP contribution in [0.4, 0.5) is 0 Å². The lowest BCUT2D eigenvalue weighted by atomic mass is 9.85. The number of benzene rings is 2. The summed E-state index contributed by atoms with van der Waals surface area (Å²) in [5.41, 5.74) is 3.20. The normalized spacial score (nSPS) is 15.5. The first-order valence-electron chi connectivity index (χ1n) is 9.66. The van der Waals surface area contributed by atoms with Crippen molar-refractivity contribution in [2.45, 2.75) is 38.2 Å². The number of rotatable bonds is 6. The highest BCUT2D eigenvalue weighted by Gasteiger charge is 2.35. The molecule has 0 aliphatic heterocycles. The number of allylic oxidation sites excluding steroid dienone is 1. The first-order chi connectivity index (χ1) is 13.6. The van der Waals surface area contributed by atoms with Crippen LogP contribution in [-0.2, 0) is 18.4 Å². The van der Waals surface area contributed by atoms with Gasteiger partial charge in [-0.05, 0) is 43.9 Å². The number of carbonyl (C=O) groups excluding carboxylic acids is 1. The summed E-state index contributed by atoms with van der Waals surface area (Å²) in [6, 6.07) is 13.9. The molecule has 2 aromatic carbocycles. The van der Waals surface area contributed by atoms with Gasteiger partial charge in [0.05, 0.1) is 0 Å². The molecule has 28 heavy (non-hydrogen) atoms. The largest absolute Gasteiger partial charge is 0.475 e. The third-order valence-electron chi connectivity index (χ3n) is 5.46. The SMILES string of the molecule is C=CCc1c(OC(C)(c2ccccc2)c2ncc[nH]2)ccc2c1CCCC2=O. The van der Waals surface area contributed by atoms with Crippen LogP contribution in [0.3, 0.4) is 0 Å². The fourth-order valence-corrected chi connectivity index (χ4v) is 3.99. The maximum Gasteiger partial charge on any atom is 0.188 e. The molecule has 1 aromatic heterocycles. The van der Waals surface area contributed by atoms with Gasteiger partial charge in [0.1, 0.15) is 5.75 Å². The fraction of sp³-hybridized carbons (Fsp3) is 0.250. The van der Waals surface area contributed by atoms with Crippen LogP contribution in [0.15, 0.2) is 67.5 Å². The average molecular weight is 372 g/mol. The van der Waals surface area contributed by atoms with Gasteiger partial charge in [0, 0.05) is 35.5 Å². The Kier molecular flexibility index (Phi) is 4.86. The molecule has 1 aliphatic rings. The number of imidazole rings is 1. The molecule has 0 saturated heterocycles. The molecule has 0 amide bonds. The van der Waals surface area contributed by atoms with E-state index in [9.17, 15) is 4.79 Å². The van der Waals surface area contributed by atoms with E-state index >= 15 is 0 Å². The zero-order valence-electron chi connectivity index (χ0n) is 16.1. The van der Waals surface area contributed by atoms with E-state index in [2.05, 4.69) is 16.5 Å². The molecule has 1 unspecified atom stereocenters. The number of nitrogens with zero attached hydrogens (tertiary/aromatic N) is 1. The Morgan fingerprint density at radius 3 is 2.75 bits per heavy atom. The number of nitrogens with one attached hydrogen (secondary N) is 1. The highest BCUT2D eigenvalue weighted by molar-refractivity contribution is 5.99. The van der Waals surface area contributed by atoms with Crippen LogP contribution in [0.5, 0.6) is 5.75 Å². The second kappa shape index (κ2) is 7.47. The molecule has 1 aliphatic carbocycles. The summed E-state index contributed by atoms with van der Waals surface area (Å²) in [4.78, 5) is 20.1. The summed E-state index contributed by atoms with van der Waals surface area (Å²) in [5, 5.41) is 0. The van der Waals surface area contributed by atoms with E-state index in [0.717, 1.165) is 46.7 Å². The number of aromatic amines is 1. The lowest BCUT2D eigenvalue weighted by molar-refractivity contribution is 0.0971. The summed E-state index contributed by atoms with van der Waals surface area (Å²) in [7, 11) is 0. The van der Waals surface area contributed by atoms with Crippen LogP contribution in [0.25, 0.3) is 0 Å². The van der Waals surface area contributed by atoms with E-state index in [1.807, 2.05) is 55.5 Å². The first-order valence-corrected chi connectivity index (χ1v) is 9.66. The second-order valence-corrected chi connectivity index (χ2v) is 7.28. The van der Waals surface area contributed by atoms with Gasteiger partial charge in [0.2, 0.25) is 0 Å². The van der Waals surface area contributed by atoms with E-state index in [0.29, 0.717) is 12.8 Å². The molecule has 1 atom stereocenters. The van der Waals surface area contributed by atoms with Crippen molar-refractivity contribution in [1.82, 2.24) is 9.97 Å². The van der Waals surface area contributed by atoms with Gasteiger partial charge in [-0.15, -0.1) is 6.58 Å². The van der Waals surface area contributed by atoms with Gasteiger partial charge in [-0.2, -0.15) is 0 Å². The molecule has 142 valence electrons. The van der Waals surface area contributed by atoms with Crippen molar-refractivity contribution in [3.05, 3.63) is 95.6 Å². The lowest BCUT2D eigenvalue weighted by Gasteiger charge is -2.31. The number of hydrogen-bond acceptors (Lipinski definition) is 3. The predicted molar refractivity (Wildman–Crippen MR) is 110 cm³/mol. The number of hydrogen-bond donors (Lipinski definition) is 1. The number of carbonyl (C=O) groups is 1. The van der Waals surface area contributed by atoms with Crippen molar-refractivity contribution in [2.75, 3.05) is 0 Å². The minimum Gasteiger partial charge on any atom is -0.475 e. The van der Waals surface area contributed by atoms with Crippen molar-refractivity contribution in [1.29, 1.82) is 0 Å². The monoisotopic (exact) mass is 372 g/mol. The third-order valence-corrected chi connectivity index (χ3v) is 5.46. The summed E-state index contributed by atoms with van der Waals surface area (Å²) in [5.74, 6) is 1.73. The Balaban J connectivity index is 1.84. The Morgan fingerprint density at radius 2 is 2.04 bits per heavy atom. The molecular formula is C24H24N2O2. The zero-order valence-corrected chi connectivity index (χ0v) is 16.1. The standard InChI is InChI=1S/C24H24N2O2/c1-3-8-20-18-11-7-12-21(27)19(18)13-14-22(20)28-24(2,23-25-15-16-26-23)17-9-5-4-6-10-17/h3-6,9-10,13-16H,1,7-8,11-12H2,2H3,(H,25,26). The maximum absolute atomic E-state index is 12.4. The number of aromatic nitrogens is 2. The molecule has 1 N–H and O–H groups in total. The molecule has 0 bridgehead atoms. The smallest absolute Gasteiger partial charge is 0.188 e. The van der Waals surface area contributed by atoms with Crippen LogP contribution in [-0.4, -0.2) is 15.8 Å². The molecular weight excluding hydrogens is 348 g/mol. The number of ether oxygens (including phenoxy) is 1. The summed E-state index contributed by atoms with van der Waals surface area (Å²) >= 11 is 0. The van der Waals surface area contributed by atoms with Crippen LogP contribution in [0.2, 0.25) is 0 Å². The van der Waals surface area contributed by atoms with E-state index in [1.54, 1.807) is 12.4 Å². The summed E-state index contributed by atoms with van der Waals surface area (Å²) < 4.78 is 6.66. The molecule has 0 fully saturated rings. The van der Waals surface area contributed by atoms with Gasteiger partial charge in [0.25, 0.3) is 0 Å². The Morgan fingerprint density at radius 1 is 1.21 bits per heavy atom. The minimum absolute atomic E-state index is 0.218. The summed E-state index contributed by atoms with van der Waals surface area (Å²) in [6.45, 7) is 5.93. The number of ketones is 1. The van der Waals surface area contributed by atoms with E-state index in [-0.39, 0.29) is 5.78 Å². The van der Waals surface area contributed by atoms with Crippen LogP contribution in [0.1, 0.15) is 52.6 Å². The van der Waals surface area contributed by atoms with Crippen LogP contribution < -0.4 is 4.74 Å². The number of H-pyrrole nitrogens is 1. The maximum atomic E-state index is 12.4. The summed E-state index contributed by atoms with van der Waals surface area (Å²) in [6.07, 6.45) is 8.46. The van der Waals surface area contributed by atoms with Gasteiger partial charge in [-0.3, -0.25) is 4.79 Å². The van der Waals surface area contributed by atoms with E-state index in [1.165, 1.54) is 0 Å². The van der Waals surface area contributed by atoms with Gasteiger partial charge < -0.3 is 9.72 Å². The predicted octanol–water partition coefficient (Wildman–Crippen LogP) is 5.00. The van der Waals surface area contributed by atoms with E-state index in [4.69, 9.17) is 4.74 Å². The topological polar surface area (TPSA) is 55.0 Å². The van der Waals surface area contributed by atoms with Crippen molar-refractivity contribution in [3.63, 3.8) is 0 Å². The molecule has 1 heterocycles. The third kappa shape index (κ3) is 3.15. The molecule has 4 nitrogen and oxygen atoms in total. The lowest BCUT2D eigenvalue weighted by Crippen LogP contribution is -2.33. The highest BCUT2D eigenvalue weighted by atomic mass is 16.5. The van der Waals surface area contributed by atoms with Crippen LogP contribution in [0, 0.1) is 0 Å². The number of Topliss-reactive ketones (excluding diaryl/α,β-unsaturated/α-hetero) is 1. The molecule has 4 heteroatoms. The first kappa shape index (κ1) is 18.2. The molecule has 0 saturated carbocycles. The zero-order chi connectivity index (χ0) is 19.6. The molecule has 3 aromatic rings. The van der Waals surface area contributed by atoms with Crippen LogP contribution >= 0.6 is 0 Å². The highest BCUT2D eigenvalue weighted by Crippen LogP contribution is 2.38. The number of fused-ring (bicyclic) bond motifs is 1. The van der Waals surface area contributed by atoms with Crippen molar-refractivity contribution in [3.8, 4) is 5.75 Å². The van der Waals surface area contributed by atoms with Gasteiger partial charge in [-0.25, -0.2) is 4.98 Å². The van der Waals surface area contributed by atoms with Gasteiger partial charge in [0.15, 0.2) is 17.2 Å². The van der Waals surface area contributed by atoms with Crippen molar-refractivity contribution in [2.24, 2.45) is 0 Å². The Hall–Kier alpha value is -3.14. The Bertz CT molecular complexity index is 993. The van der Waals surface area contributed by atoms with Gasteiger partial charge in [-0.1, -0.05) is 36.4 Å². The van der Waals surface area contributed by atoms with Crippen molar-refractivity contribution >= 4 is 5.78 Å². The molecule has 0 radical (unpaired) electrons. The fourth-order valence-electron chi connectivity index (χ4n) is 3.99.